The number of thiocarbonyl (C=S) groups is 1. The molecule has 0 radical (unpaired) electrons. The van der Waals surface area contributed by atoms with Crippen LogP contribution >= 0.6 is 23.6 Å². The molecule has 0 fully saturated rings. The van der Waals surface area contributed by atoms with Crippen LogP contribution in [-0.2, 0) is 6.54 Å². The van der Waals surface area contributed by atoms with Gasteiger partial charge < -0.3 is 11.5 Å². The molecule has 0 bridgehead atoms. The first-order valence-corrected chi connectivity index (χ1v) is 6.21. The van der Waals surface area contributed by atoms with Crippen LogP contribution in [0.4, 0.5) is 0 Å². The van der Waals surface area contributed by atoms with Gasteiger partial charge in [-0.3, -0.25) is 14.2 Å². The van der Waals surface area contributed by atoms with E-state index in [0.29, 0.717) is 20.7 Å². The number of thiophene rings is 1. The molecule has 2 heterocycles. The van der Waals surface area contributed by atoms with Crippen molar-refractivity contribution in [3.05, 3.63) is 27.1 Å². The number of carbonyl (C=O) groups excluding carboxylic acids is 1. The first kappa shape index (κ1) is 12.7. The first-order valence-electron chi connectivity index (χ1n) is 4.98. The normalized spacial score (nSPS) is 10.7. The SMILES string of the molecule is Cc1c(C(N)=O)sc2ncn(CC(N)=S)c(=O)c12. The fraction of sp³-hybridized carbons (Fsp3) is 0.200. The van der Waals surface area contributed by atoms with Gasteiger partial charge in [0.05, 0.1) is 28.1 Å². The second-order valence-electron chi connectivity index (χ2n) is 3.74. The van der Waals surface area contributed by atoms with Crippen LogP contribution in [0.25, 0.3) is 10.2 Å². The standard InChI is InChI=1S/C10H10N4O2S2/c1-4-6-9(18-7(4)8(12)15)13-3-14(10(6)16)2-5(11)17/h3H,2H2,1H3,(H2,11,17)(H2,12,15). The number of carbonyl (C=O) groups is 1. The van der Waals surface area contributed by atoms with Gasteiger partial charge in [-0.1, -0.05) is 12.2 Å². The minimum Gasteiger partial charge on any atom is -0.392 e. The predicted molar refractivity (Wildman–Crippen MR) is 73.9 cm³/mol. The Morgan fingerprint density at radius 2 is 2.22 bits per heavy atom. The van der Waals surface area contributed by atoms with E-state index in [2.05, 4.69) is 4.98 Å². The lowest BCUT2D eigenvalue weighted by atomic mass is 10.2. The number of fused-ring (bicyclic) bond motifs is 1. The molecule has 6 nitrogen and oxygen atoms in total. The summed E-state index contributed by atoms with van der Waals surface area (Å²) < 4.78 is 1.31. The number of aromatic nitrogens is 2. The van der Waals surface area contributed by atoms with Crippen molar-refractivity contribution in [2.75, 3.05) is 0 Å². The Morgan fingerprint density at radius 1 is 1.56 bits per heavy atom. The molecule has 0 saturated carbocycles. The molecule has 2 aromatic rings. The van der Waals surface area contributed by atoms with Crippen LogP contribution in [0.5, 0.6) is 0 Å². The van der Waals surface area contributed by atoms with Gasteiger partial charge in [0.2, 0.25) is 0 Å². The highest BCUT2D eigenvalue weighted by Gasteiger charge is 2.17. The summed E-state index contributed by atoms with van der Waals surface area (Å²) in [7, 11) is 0. The number of amides is 1. The van der Waals surface area contributed by atoms with Crippen molar-refractivity contribution in [1.29, 1.82) is 0 Å². The van der Waals surface area contributed by atoms with Crippen molar-refractivity contribution < 1.29 is 4.79 Å². The Hall–Kier alpha value is -1.80. The lowest BCUT2D eigenvalue weighted by Gasteiger charge is -2.03. The highest BCUT2D eigenvalue weighted by atomic mass is 32.1. The van der Waals surface area contributed by atoms with Crippen LogP contribution in [-0.4, -0.2) is 20.4 Å². The third-order valence-electron chi connectivity index (χ3n) is 2.47. The van der Waals surface area contributed by atoms with E-state index in [-0.39, 0.29) is 17.1 Å². The van der Waals surface area contributed by atoms with Gasteiger partial charge in [0.1, 0.15) is 4.83 Å². The van der Waals surface area contributed by atoms with E-state index in [0.717, 1.165) is 11.3 Å². The van der Waals surface area contributed by atoms with Gasteiger partial charge in [-0.2, -0.15) is 0 Å². The monoisotopic (exact) mass is 282 g/mol. The van der Waals surface area contributed by atoms with Gasteiger partial charge in [0.15, 0.2) is 0 Å². The Bertz CT molecular complexity index is 716. The van der Waals surface area contributed by atoms with Crippen molar-refractivity contribution >= 4 is 44.7 Å². The van der Waals surface area contributed by atoms with Crippen molar-refractivity contribution in [3.8, 4) is 0 Å². The van der Waals surface area contributed by atoms with E-state index in [9.17, 15) is 9.59 Å². The summed E-state index contributed by atoms with van der Waals surface area (Å²) in [5.74, 6) is -0.559. The zero-order chi connectivity index (χ0) is 13.4. The molecule has 0 aliphatic carbocycles. The third-order valence-corrected chi connectivity index (χ3v) is 3.81. The average molecular weight is 282 g/mol. The van der Waals surface area contributed by atoms with E-state index in [1.165, 1.54) is 10.9 Å². The molecule has 94 valence electrons. The summed E-state index contributed by atoms with van der Waals surface area (Å²) in [5.41, 5.74) is 10.9. The number of primary amides is 1. The van der Waals surface area contributed by atoms with Gasteiger partial charge in [-0.15, -0.1) is 11.3 Å². The Kier molecular flexibility index (Phi) is 3.14. The molecular weight excluding hydrogens is 272 g/mol. The molecule has 0 aliphatic heterocycles. The number of hydrogen-bond acceptors (Lipinski definition) is 5. The lowest BCUT2D eigenvalue weighted by Crippen LogP contribution is -2.27. The number of nitrogens with two attached hydrogens (primary N) is 2. The fourth-order valence-corrected chi connectivity index (χ4v) is 2.81. The first-order chi connectivity index (χ1) is 8.41. The van der Waals surface area contributed by atoms with Crippen molar-refractivity contribution in [2.45, 2.75) is 13.5 Å². The maximum Gasteiger partial charge on any atom is 0.262 e. The van der Waals surface area contributed by atoms with Gasteiger partial charge in [-0.25, -0.2) is 4.98 Å². The highest BCUT2D eigenvalue weighted by Crippen LogP contribution is 2.25. The molecule has 18 heavy (non-hydrogen) atoms. The van der Waals surface area contributed by atoms with E-state index in [1.807, 2.05) is 0 Å². The van der Waals surface area contributed by atoms with E-state index >= 15 is 0 Å². The quantitative estimate of drug-likeness (QED) is 0.780. The second kappa shape index (κ2) is 4.46. The van der Waals surface area contributed by atoms with Crippen LogP contribution < -0.4 is 17.0 Å². The Morgan fingerprint density at radius 3 is 2.78 bits per heavy atom. The van der Waals surface area contributed by atoms with Gasteiger partial charge in [0.25, 0.3) is 11.5 Å². The molecule has 0 aliphatic rings. The minimum atomic E-state index is -0.559. The number of aryl methyl sites for hydroxylation is 1. The largest absolute Gasteiger partial charge is 0.392 e. The van der Waals surface area contributed by atoms with Crippen LogP contribution in [0.2, 0.25) is 0 Å². The summed E-state index contributed by atoms with van der Waals surface area (Å²) in [5, 5.41) is 0.396. The van der Waals surface area contributed by atoms with Crippen molar-refractivity contribution in [1.82, 2.24) is 9.55 Å². The summed E-state index contributed by atoms with van der Waals surface area (Å²) in [6.45, 7) is 1.80. The molecule has 0 spiro atoms. The second-order valence-corrected chi connectivity index (χ2v) is 5.27. The van der Waals surface area contributed by atoms with E-state index in [4.69, 9.17) is 23.7 Å². The summed E-state index contributed by atoms with van der Waals surface area (Å²) in [6, 6.07) is 0. The summed E-state index contributed by atoms with van der Waals surface area (Å²) in [6.07, 6.45) is 1.37. The van der Waals surface area contributed by atoms with Gasteiger partial charge in [0, 0.05) is 0 Å². The van der Waals surface area contributed by atoms with Crippen LogP contribution in [0.3, 0.4) is 0 Å². The van der Waals surface area contributed by atoms with Gasteiger partial charge in [-0.05, 0) is 12.5 Å². The van der Waals surface area contributed by atoms with E-state index < -0.39 is 5.91 Å². The topological polar surface area (TPSA) is 104 Å². The third kappa shape index (κ3) is 2.00. The molecule has 4 N–H and O–H groups in total. The van der Waals surface area contributed by atoms with E-state index in [1.54, 1.807) is 6.92 Å². The molecule has 2 rings (SSSR count). The molecular formula is C10H10N4O2S2. The maximum atomic E-state index is 12.2. The van der Waals surface area contributed by atoms with Gasteiger partial charge >= 0.3 is 0 Å². The maximum absolute atomic E-state index is 12.2. The number of hydrogen-bond donors (Lipinski definition) is 2. The molecule has 0 saturated heterocycles. The lowest BCUT2D eigenvalue weighted by molar-refractivity contribution is 0.100. The minimum absolute atomic E-state index is 0.123. The molecule has 2 aromatic heterocycles. The molecule has 0 unspecified atom stereocenters. The fourth-order valence-electron chi connectivity index (χ4n) is 1.67. The molecule has 0 aromatic carbocycles. The summed E-state index contributed by atoms with van der Waals surface area (Å²) >= 11 is 5.87. The zero-order valence-corrected chi connectivity index (χ0v) is 11.1. The molecule has 8 heteroatoms. The smallest absolute Gasteiger partial charge is 0.262 e. The molecule has 1 amide bonds. The average Bonchev–Trinajstić information content (AvgIpc) is 2.60. The zero-order valence-electron chi connectivity index (χ0n) is 9.47. The predicted octanol–water partition coefficient (Wildman–Crippen LogP) is 0.151. The number of nitrogens with zero attached hydrogens (tertiary/aromatic N) is 2. The Labute approximate surface area is 111 Å². The van der Waals surface area contributed by atoms with Crippen LogP contribution in [0.15, 0.2) is 11.1 Å². The van der Waals surface area contributed by atoms with Crippen molar-refractivity contribution in [3.63, 3.8) is 0 Å². The Balaban J connectivity index is 2.74. The van der Waals surface area contributed by atoms with Crippen LogP contribution in [0.1, 0.15) is 15.2 Å². The van der Waals surface area contributed by atoms with Crippen LogP contribution in [0, 0.1) is 6.92 Å². The van der Waals surface area contributed by atoms with Crippen molar-refractivity contribution in [2.24, 2.45) is 11.5 Å². The molecule has 0 atom stereocenters. The summed E-state index contributed by atoms with van der Waals surface area (Å²) in [4.78, 5) is 28.6. The number of rotatable bonds is 3. The highest BCUT2D eigenvalue weighted by molar-refractivity contribution is 7.80.